The van der Waals surface area contributed by atoms with E-state index in [1.165, 1.54) is 27.6 Å². The van der Waals surface area contributed by atoms with E-state index in [9.17, 15) is 0 Å². The van der Waals surface area contributed by atoms with Gasteiger partial charge in [-0.1, -0.05) is 49.4 Å². The number of H-pyrrole nitrogens is 1. The molecule has 2 heteroatoms. The Kier molecular flexibility index (Phi) is 4.59. The van der Waals surface area contributed by atoms with Gasteiger partial charge in [0, 0.05) is 30.2 Å². The number of hydrogen-bond acceptors (Lipinski definition) is 1. The van der Waals surface area contributed by atoms with E-state index >= 15 is 0 Å². The van der Waals surface area contributed by atoms with Crippen LogP contribution >= 0.6 is 0 Å². The predicted octanol–water partition coefficient (Wildman–Crippen LogP) is 4.40. The van der Waals surface area contributed by atoms with Gasteiger partial charge in [0.1, 0.15) is 0 Å². The Labute approximate surface area is 132 Å². The number of aromatic nitrogens is 1. The van der Waals surface area contributed by atoms with E-state index in [1.807, 2.05) is 0 Å². The molecule has 0 saturated carbocycles. The van der Waals surface area contributed by atoms with Crippen molar-refractivity contribution in [1.29, 1.82) is 0 Å². The molecule has 3 rings (SSSR count). The maximum absolute atomic E-state index is 3.36. The second-order valence-corrected chi connectivity index (χ2v) is 6.02. The highest BCUT2D eigenvalue weighted by Crippen LogP contribution is 2.18. The van der Waals surface area contributed by atoms with Crippen molar-refractivity contribution in [3.63, 3.8) is 0 Å². The lowest BCUT2D eigenvalue weighted by atomic mass is 10.1. The van der Waals surface area contributed by atoms with Crippen LogP contribution in [0.25, 0.3) is 10.9 Å². The van der Waals surface area contributed by atoms with Gasteiger partial charge in [0.2, 0.25) is 0 Å². The molecule has 2 nitrogen and oxygen atoms in total. The lowest BCUT2D eigenvalue weighted by Crippen LogP contribution is -2.20. The number of benzene rings is 2. The van der Waals surface area contributed by atoms with Crippen molar-refractivity contribution < 1.29 is 0 Å². The minimum Gasteiger partial charge on any atom is -0.361 e. The van der Waals surface area contributed by atoms with E-state index in [1.54, 1.807) is 0 Å². The summed E-state index contributed by atoms with van der Waals surface area (Å²) in [4.78, 5) is 5.76. The molecule has 0 atom stereocenters. The second kappa shape index (κ2) is 6.80. The topological polar surface area (TPSA) is 19.0 Å². The standard InChI is InChI=1S/C20H24N2/c1-3-16-7-6-8-17(13-16)15-22(2)12-11-18-14-21-20-10-5-4-9-19(18)20/h4-10,13-14,21H,3,11-12,15H2,1-2H3. The van der Waals surface area contributed by atoms with Crippen LogP contribution in [0.1, 0.15) is 23.6 Å². The van der Waals surface area contributed by atoms with Crippen LogP contribution in [-0.4, -0.2) is 23.5 Å². The van der Waals surface area contributed by atoms with Crippen LogP contribution in [-0.2, 0) is 19.4 Å². The van der Waals surface area contributed by atoms with Gasteiger partial charge in [-0.3, -0.25) is 0 Å². The van der Waals surface area contributed by atoms with Gasteiger partial charge in [-0.2, -0.15) is 0 Å². The fraction of sp³-hybridized carbons (Fsp3) is 0.300. The first-order valence-corrected chi connectivity index (χ1v) is 8.07. The first-order valence-electron chi connectivity index (χ1n) is 8.07. The van der Waals surface area contributed by atoms with Gasteiger partial charge >= 0.3 is 0 Å². The predicted molar refractivity (Wildman–Crippen MR) is 94.2 cm³/mol. The van der Waals surface area contributed by atoms with Gasteiger partial charge in [0.25, 0.3) is 0 Å². The Bertz CT molecular complexity index is 742. The number of likely N-dealkylation sites (N-methyl/N-ethyl adjacent to an activating group) is 1. The summed E-state index contributed by atoms with van der Waals surface area (Å²) >= 11 is 0. The first-order chi connectivity index (χ1) is 10.8. The zero-order valence-electron chi connectivity index (χ0n) is 13.5. The van der Waals surface area contributed by atoms with E-state index in [4.69, 9.17) is 0 Å². The number of aryl methyl sites for hydroxylation is 1. The average Bonchev–Trinajstić information content (AvgIpc) is 2.96. The lowest BCUT2D eigenvalue weighted by Gasteiger charge is -2.17. The number of nitrogens with one attached hydrogen (secondary N) is 1. The highest BCUT2D eigenvalue weighted by molar-refractivity contribution is 5.83. The van der Waals surface area contributed by atoms with Gasteiger partial charge in [0.15, 0.2) is 0 Å². The first kappa shape index (κ1) is 14.9. The summed E-state index contributed by atoms with van der Waals surface area (Å²) in [6, 6.07) is 17.4. The zero-order chi connectivity index (χ0) is 15.4. The maximum Gasteiger partial charge on any atom is 0.0456 e. The Morgan fingerprint density at radius 1 is 1.00 bits per heavy atom. The lowest BCUT2D eigenvalue weighted by molar-refractivity contribution is 0.331. The van der Waals surface area contributed by atoms with Crippen LogP contribution in [0, 0.1) is 0 Å². The molecule has 22 heavy (non-hydrogen) atoms. The molecule has 0 unspecified atom stereocenters. The number of nitrogens with zero attached hydrogens (tertiary/aromatic N) is 1. The average molecular weight is 292 g/mol. The Morgan fingerprint density at radius 3 is 2.68 bits per heavy atom. The van der Waals surface area contributed by atoms with Crippen LogP contribution in [0.2, 0.25) is 0 Å². The van der Waals surface area contributed by atoms with E-state index < -0.39 is 0 Å². The SMILES string of the molecule is CCc1cccc(CN(C)CCc2c[nH]c3ccccc23)c1. The fourth-order valence-electron chi connectivity index (χ4n) is 2.99. The van der Waals surface area contributed by atoms with Gasteiger partial charge in [-0.15, -0.1) is 0 Å². The van der Waals surface area contributed by atoms with Gasteiger partial charge in [-0.25, -0.2) is 0 Å². The Hall–Kier alpha value is -2.06. The monoisotopic (exact) mass is 292 g/mol. The number of rotatable bonds is 6. The zero-order valence-corrected chi connectivity index (χ0v) is 13.5. The molecule has 0 bridgehead atoms. The third-order valence-corrected chi connectivity index (χ3v) is 4.29. The molecule has 0 aliphatic heterocycles. The smallest absolute Gasteiger partial charge is 0.0456 e. The van der Waals surface area contributed by atoms with Crippen molar-refractivity contribution in [3.8, 4) is 0 Å². The summed E-state index contributed by atoms with van der Waals surface area (Å²) in [7, 11) is 2.20. The molecule has 0 amide bonds. The van der Waals surface area contributed by atoms with E-state index in [2.05, 4.69) is 78.6 Å². The quantitative estimate of drug-likeness (QED) is 0.713. The molecule has 0 saturated heterocycles. The van der Waals surface area contributed by atoms with Crippen molar-refractivity contribution in [1.82, 2.24) is 9.88 Å². The highest BCUT2D eigenvalue weighted by Gasteiger charge is 2.05. The molecule has 1 heterocycles. The summed E-state index contributed by atoms with van der Waals surface area (Å²) in [6.07, 6.45) is 4.33. The number of para-hydroxylation sites is 1. The summed E-state index contributed by atoms with van der Waals surface area (Å²) in [5.74, 6) is 0. The van der Waals surface area contributed by atoms with Crippen molar-refractivity contribution in [2.24, 2.45) is 0 Å². The molecular formula is C20H24N2. The molecule has 0 aliphatic carbocycles. The molecular weight excluding hydrogens is 268 g/mol. The van der Waals surface area contributed by atoms with E-state index in [0.29, 0.717) is 0 Å². The molecule has 2 aromatic carbocycles. The van der Waals surface area contributed by atoms with Crippen molar-refractivity contribution >= 4 is 10.9 Å². The van der Waals surface area contributed by atoms with E-state index in [0.717, 1.165) is 25.9 Å². The molecule has 0 radical (unpaired) electrons. The molecule has 3 aromatic rings. The Morgan fingerprint density at radius 2 is 1.82 bits per heavy atom. The van der Waals surface area contributed by atoms with Crippen LogP contribution in [0.4, 0.5) is 0 Å². The second-order valence-electron chi connectivity index (χ2n) is 6.02. The summed E-state index contributed by atoms with van der Waals surface area (Å²) in [5, 5.41) is 1.35. The highest BCUT2D eigenvalue weighted by atomic mass is 15.1. The fourth-order valence-corrected chi connectivity index (χ4v) is 2.99. The van der Waals surface area contributed by atoms with Crippen LogP contribution in [0.5, 0.6) is 0 Å². The molecule has 0 spiro atoms. The largest absolute Gasteiger partial charge is 0.361 e. The van der Waals surface area contributed by atoms with Crippen LogP contribution in [0.15, 0.2) is 54.7 Å². The number of hydrogen-bond donors (Lipinski definition) is 1. The minimum absolute atomic E-state index is 1.01. The molecule has 114 valence electrons. The number of fused-ring (bicyclic) bond motifs is 1. The summed E-state index contributed by atoms with van der Waals surface area (Å²) < 4.78 is 0. The van der Waals surface area contributed by atoms with E-state index in [-0.39, 0.29) is 0 Å². The molecule has 0 aliphatic rings. The van der Waals surface area contributed by atoms with Crippen molar-refractivity contribution in [3.05, 3.63) is 71.4 Å². The summed E-state index contributed by atoms with van der Waals surface area (Å²) in [5.41, 5.74) is 5.46. The Balaban J connectivity index is 1.61. The van der Waals surface area contributed by atoms with Gasteiger partial charge in [0.05, 0.1) is 0 Å². The van der Waals surface area contributed by atoms with Crippen LogP contribution in [0.3, 0.4) is 0 Å². The van der Waals surface area contributed by atoms with Crippen molar-refractivity contribution in [2.75, 3.05) is 13.6 Å². The van der Waals surface area contributed by atoms with Gasteiger partial charge in [-0.05, 0) is 42.6 Å². The summed E-state index contributed by atoms with van der Waals surface area (Å²) in [6.45, 7) is 4.29. The molecule has 1 N–H and O–H groups in total. The van der Waals surface area contributed by atoms with Crippen LogP contribution < -0.4 is 0 Å². The third-order valence-electron chi connectivity index (χ3n) is 4.29. The minimum atomic E-state index is 1.01. The number of aromatic amines is 1. The maximum atomic E-state index is 3.36. The third kappa shape index (κ3) is 3.40. The molecule has 1 aromatic heterocycles. The van der Waals surface area contributed by atoms with Gasteiger partial charge < -0.3 is 9.88 Å². The normalized spacial score (nSPS) is 11.4. The molecule has 0 fully saturated rings. The van der Waals surface area contributed by atoms with Crippen molar-refractivity contribution in [2.45, 2.75) is 26.3 Å².